The zero-order valence-electron chi connectivity index (χ0n) is 16.6. The van der Waals surface area contributed by atoms with Crippen LogP contribution in [-0.4, -0.2) is 32.7 Å². The average molecular weight is 404 g/mol. The third-order valence-electron chi connectivity index (χ3n) is 4.87. The Kier molecular flexibility index (Phi) is 6.24. The number of hydrogen-bond donors (Lipinski definition) is 1. The number of ether oxygens (including phenoxy) is 3. The number of nitrogens with one attached hydrogen (secondary N) is 1. The summed E-state index contributed by atoms with van der Waals surface area (Å²) in [6.45, 7) is 4.27. The Hall–Kier alpha value is -2.54. The number of amides is 1. The van der Waals surface area contributed by atoms with Crippen molar-refractivity contribution in [2.45, 2.75) is 33.1 Å². The quantitative estimate of drug-likeness (QED) is 0.727. The highest BCUT2D eigenvalue weighted by atomic mass is 32.1. The Morgan fingerprint density at radius 1 is 1.25 bits per heavy atom. The fourth-order valence-corrected chi connectivity index (χ4v) is 4.89. The molecule has 28 heavy (non-hydrogen) atoms. The van der Waals surface area contributed by atoms with E-state index in [9.17, 15) is 9.59 Å². The van der Waals surface area contributed by atoms with Gasteiger partial charge < -0.3 is 19.5 Å². The molecule has 1 aromatic carbocycles. The van der Waals surface area contributed by atoms with Crippen molar-refractivity contribution < 1.29 is 23.8 Å². The van der Waals surface area contributed by atoms with E-state index in [0.29, 0.717) is 33.5 Å². The Balaban J connectivity index is 1.98. The topological polar surface area (TPSA) is 73.9 Å². The molecule has 0 bridgehead atoms. The maximum atomic E-state index is 13.0. The molecule has 0 radical (unpaired) electrons. The molecule has 1 unspecified atom stereocenters. The summed E-state index contributed by atoms with van der Waals surface area (Å²) in [5, 5.41) is 3.44. The molecule has 1 aliphatic carbocycles. The van der Waals surface area contributed by atoms with Crippen LogP contribution >= 0.6 is 11.3 Å². The molecule has 1 aliphatic rings. The molecule has 1 atom stereocenters. The monoisotopic (exact) mass is 403 g/mol. The van der Waals surface area contributed by atoms with E-state index in [4.69, 9.17) is 14.2 Å². The van der Waals surface area contributed by atoms with E-state index in [1.54, 1.807) is 25.1 Å². The first-order valence-corrected chi connectivity index (χ1v) is 10.2. The van der Waals surface area contributed by atoms with Gasteiger partial charge in [0.25, 0.3) is 5.91 Å². The summed E-state index contributed by atoms with van der Waals surface area (Å²) in [5.41, 5.74) is 1.84. The maximum Gasteiger partial charge on any atom is 0.341 e. The highest BCUT2D eigenvalue weighted by Gasteiger charge is 2.29. The van der Waals surface area contributed by atoms with E-state index in [0.717, 1.165) is 29.7 Å². The van der Waals surface area contributed by atoms with Crippen molar-refractivity contribution >= 4 is 28.2 Å². The van der Waals surface area contributed by atoms with Crippen LogP contribution in [0.25, 0.3) is 0 Å². The van der Waals surface area contributed by atoms with E-state index >= 15 is 0 Å². The lowest BCUT2D eigenvalue weighted by molar-refractivity contribution is 0.0526. The van der Waals surface area contributed by atoms with E-state index < -0.39 is 0 Å². The number of carbonyl (C=O) groups is 2. The molecule has 1 aromatic heterocycles. The van der Waals surface area contributed by atoms with Crippen molar-refractivity contribution in [3.8, 4) is 11.5 Å². The van der Waals surface area contributed by atoms with E-state index in [1.807, 2.05) is 0 Å². The van der Waals surface area contributed by atoms with Gasteiger partial charge in [0, 0.05) is 4.88 Å². The van der Waals surface area contributed by atoms with Gasteiger partial charge in [-0.25, -0.2) is 4.79 Å². The lowest BCUT2D eigenvalue weighted by Gasteiger charge is -2.18. The minimum absolute atomic E-state index is 0.289. The zero-order chi connectivity index (χ0) is 20.3. The Labute approximate surface area is 168 Å². The minimum Gasteiger partial charge on any atom is -0.493 e. The molecular weight excluding hydrogens is 378 g/mol. The minimum atomic E-state index is -0.387. The van der Waals surface area contributed by atoms with Crippen molar-refractivity contribution in [3.63, 3.8) is 0 Å². The molecule has 1 amide bonds. The Morgan fingerprint density at radius 2 is 2.04 bits per heavy atom. The van der Waals surface area contributed by atoms with Crippen LogP contribution in [0.4, 0.5) is 5.00 Å². The fourth-order valence-electron chi connectivity index (χ4n) is 3.49. The highest BCUT2D eigenvalue weighted by Crippen LogP contribution is 2.41. The molecule has 2 aromatic rings. The summed E-state index contributed by atoms with van der Waals surface area (Å²) in [6, 6.07) is 5.12. The van der Waals surface area contributed by atoms with Crippen molar-refractivity contribution in [3.05, 3.63) is 39.8 Å². The van der Waals surface area contributed by atoms with Crippen LogP contribution < -0.4 is 14.8 Å². The molecule has 0 saturated heterocycles. The summed E-state index contributed by atoms with van der Waals surface area (Å²) in [5.74, 6) is 0.647. The molecule has 0 spiro atoms. The van der Waals surface area contributed by atoms with Crippen LogP contribution in [0.1, 0.15) is 51.4 Å². The summed E-state index contributed by atoms with van der Waals surface area (Å²) in [7, 11) is 3.01. The van der Waals surface area contributed by atoms with E-state index in [1.165, 1.54) is 25.6 Å². The number of para-hydroxylation sites is 1. The standard InChI is InChI=1S/C21H25NO5S/c1-5-27-21(24)17-13-10-9-12(2)11-16(13)28-20(17)22-19(23)14-7-6-8-15(25-3)18(14)26-4/h6-8,12H,5,9-11H2,1-4H3,(H,22,23). The zero-order valence-corrected chi connectivity index (χ0v) is 17.4. The normalized spacial score (nSPS) is 15.5. The number of thiophene rings is 1. The first-order chi connectivity index (χ1) is 13.5. The van der Waals surface area contributed by atoms with Crippen molar-refractivity contribution in [2.24, 2.45) is 5.92 Å². The van der Waals surface area contributed by atoms with Crippen LogP contribution in [0.3, 0.4) is 0 Å². The second-order valence-electron chi connectivity index (χ2n) is 6.77. The van der Waals surface area contributed by atoms with Gasteiger partial charge in [-0.2, -0.15) is 0 Å². The van der Waals surface area contributed by atoms with Gasteiger partial charge in [-0.15, -0.1) is 11.3 Å². The lowest BCUT2D eigenvalue weighted by atomic mass is 9.88. The fraction of sp³-hybridized carbons (Fsp3) is 0.429. The summed E-state index contributed by atoms with van der Waals surface area (Å²) in [4.78, 5) is 26.7. The number of methoxy groups -OCH3 is 2. The van der Waals surface area contributed by atoms with Gasteiger partial charge in [0.2, 0.25) is 0 Å². The highest BCUT2D eigenvalue weighted by molar-refractivity contribution is 7.17. The average Bonchev–Trinajstić information content (AvgIpc) is 3.04. The molecule has 1 heterocycles. The smallest absolute Gasteiger partial charge is 0.341 e. The number of fused-ring (bicyclic) bond motifs is 1. The largest absolute Gasteiger partial charge is 0.493 e. The Bertz CT molecular complexity index is 889. The van der Waals surface area contributed by atoms with Crippen molar-refractivity contribution in [1.82, 2.24) is 0 Å². The molecule has 150 valence electrons. The van der Waals surface area contributed by atoms with Gasteiger partial charge in [0.1, 0.15) is 5.00 Å². The third-order valence-corrected chi connectivity index (χ3v) is 6.04. The summed E-state index contributed by atoms with van der Waals surface area (Å²) >= 11 is 1.46. The van der Waals surface area contributed by atoms with Crippen molar-refractivity contribution in [2.75, 3.05) is 26.1 Å². The number of carbonyl (C=O) groups excluding carboxylic acids is 2. The van der Waals surface area contributed by atoms with E-state index in [-0.39, 0.29) is 18.5 Å². The van der Waals surface area contributed by atoms with Crippen LogP contribution in [-0.2, 0) is 17.6 Å². The third kappa shape index (κ3) is 3.85. The van der Waals surface area contributed by atoms with Crippen LogP contribution in [0.5, 0.6) is 11.5 Å². The molecule has 7 heteroatoms. The number of anilines is 1. The predicted molar refractivity (Wildman–Crippen MR) is 109 cm³/mol. The van der Waals surface area contributed by atoms with Gasteiger partial charge in [-0.1, -0.05) is 13.0 Å². The SMILES string of the molecule is CCOC(=O)c1c(NC(=O)c2cccc(OC)c2OC)sc2c1CCC(C)C2. The molecule has 3 rings (SSSR count). The van der Waals surface area contributed by atoms with Crippen molar-refractivity contribution in [1.29, 1.82) is 0 Å². The molecule has 1 N–H and O–H groups in total. The number of esters is 1. The molecule has 0 aliphatic heterocycles. The van der Waals surface area contributed by atoms with Gasteiger partial charge in [0.05, 0.1) is 32.0 Å². The second kappa shape index (κ2) is 8.65. The number of hydrogen-bond acceptors (Lipinski definition) is 6. The molecule has 0 saturated carbocycles. The number of rotatable bonds is 6. The molecule has 6 nitrogen and oxygen atoms in total. The molecular formula is C21H25NO5S. The lowest BCUT2D eigenvalue weighted by Crippen LogP contribution is -2.17. The van der Waals surface area contributed by atoms with Gasteiger partial charge in [-0.3, -0.25) is 4.79 Å². The molecule has 0 fully saturated rings. The first-order valence-electron chi connectivity index (χ1n) is 9.34. The Morgan fingerprint density at radius 3 is 2.71 bits per heavy atom. The van der Waals surface area contributed by atoms with E-state index in [2.05, 4.69) is 12.2 Å². The van der Waals surface area contributed by atoms with Crippen LogP contribution in [0.2, 0.25) is 0 Å². The van der Waals surface area contributed by atoms with Crippen LogP contribution in [0, 0.1) is 5.92 Å². The summed E-state index contributed by atoms with van der Waals surface area (Å²) in [6.07, 6.45) is 2.75. The summed E-state index contributed by atoms with van der Waals surface area (Å²) < 4.78 is 15.9. The maximum absolute atomic E-state index is 13.0. The second-order valence-corrected chi connectivity index (χ2v) is 7.88. The van der Waals surface area contributed by atoms with Gasteiger partial charge in [-0.05, 0) is 49.8 Å². The van der Waals surface area contributed by atoms with Gasteiger partial charge in [0.15, 0.2) is 11.5 Å². The number of benzene rings is 1. The first kappa shape index (κ1) is 20.2. The van der Waals surface area contributed by atoms with Gasteiger partial charge >= 0.3 is 5.97 Å². The predicted octanol–water partition coefficient (Wildman–Crippen LogP) is 4.32. The van der Waals surface area contributed by atoms with Crippen LogP contribution in [0.15, 0.2) is 18.2 Å².